The van der Waals surface area contributed by atoms with E-state index < -0.39 is 5.97 Å². The summed E-state index contributed by atoms with van der Waals surface area (Å²) in [5.41, 5.74) is 2.55. The largest absolute Gasteiger partial charge is 0.478 e. The van der Waals surface area contributed by atoms with Crippen LogP contribution in [0, 0.1) is 6.92 Å². The van der Waals surface area contributed by atoms with E-state index in [0.717, 1.165) is 0 Å². The van der Waals surface area contributed by atoms with E-state index in [1.165, 1.54) is 35.2 Å². The molecule has 5 heteroatoms. The summed E-state index contributed by atoms with van der Waals surface area (Å²) in [6.45, 7) is 2.03. The molecule has 1 aromatic carbocycles. The van der Waals surface area contributed by atoms with Crippen molar-refractivity contribution < 1.29 is 9.90 Å². The third kappa shape index (κ3) is 2.87. The lowest BCUT2D eigenvalue weighted by Gasteiger charge is -2.06. The number of thioether (sulfide) groups is 1. The highest BCUT2D eigenvalue weighted by Crippen LogP contribution is 2.24. The fourth-order valence-corrected chi connectivity index (χ4v) is 2.54. The molecule has 2 aromatic rings. The van der Waals surface area contributed by atoms with E-state index >= 15 is 0 Å². The highest BCUT2D eigenvalue weighted by molar-refractivity contribution is 7.98. The lowest BCUT2D eigenvalue weighted by molar-refractivity contribution is 0.0692. The zero-order chi connectivity index (χ0) is 13.0. The zero-order valence-corrected chi connectivity index (χ0v) is 10.6. The number of carbonyl (C=O) groups is 1. The van der Waals surface area contributed by atoms with Gasteiger partial charge in [0.25, 0.3) is 0 Å². The second-order valence-corrected chi connectivity index (χ2v) is 4.73. The maximum absolute atomic E-state index is 11.0. The van der Waals surface area contributed by atoms with Gasteiger partial charge in [0.2, 0.25) is 0 Å². The van der Waals surface area contributed by atoms with Crippen molar-refractivity contribution in [2.24, 2.45) is 0 Å². The van der Waals surface area contributed by atoms with Gasteiger partial charge in [0.15, 0.2) is 0 Å². The Balaban J connectivity index is 2.16. The molecule has 0 saturated heterocycles. The molecular formula is C13H12N2O2S. The normalized spacial score (nSPS) is 10.3. The molecule has 1 heterocycles. The van der Waals surface area contributed by atoms with Crippen molar-refractivity contribution >= 4 is 17.7 Å². The van der Waals surface area contributed by atoms with Gasteiger partial charge in [-0.1, -0.05) is 36.0 Å². The second-order valence-electron chi connectivity index (χ2n) is 3.77. The molecule has 0 aliphatic rings. The lowest BCUT2D eigenvalue weighted by Crippen LogP contribution is -2.02. The molecule has 0 bridgehead atoms. The smallest absolute Gasteiger partial charge is 0.338 e. The van der Waals surface area contributed by atoms with Gasteiger partial charge in [-0.05, 0) is 24.1 Å². The maximum Gasteiger partial charge on any atom is 0.338 e. The molecule has 0 amide bonds. The SMILES string of the molecule is Cc1ccccc1CSc1nnccc1C(=O)O. The average Bonchev–Trinajstić information content (AvgIpc) is 2.38. The number of aromatic carboxylic acids is 1. The highest BCUT2D eigenvalue weighted by atomic mass is 32.2. The first-order valence-corrected chi connectivity index (χ1v) is 6.39. The molecule has 18 heavy (non-hydrogen) atoms. The molecule has 0 saturated carbocycles. The molecule has 0 unspecified atom stereocenters. The number of benzene rings is 1. The lowest BCUT2D eigenvalue weighted by atomic mass is 10.1. The predicted octanol–water partition coefficient (Wildman–Crippen LogP) is 2.78. The van der Waals surface area contributed by atoms with E-state index in [9.17, 15) is 4.79 Å². The first-order valence-electron chi connectivity index (χ1n) is 5.41. The van der Waals surface area contributed by atoms with Gasteiger partial charge in [0, 0.05) is 5.75 Å². The third-order valence-electron chi connectivity index (χ3n) is 2.54. The maximum atomic E-state index is 11.0. The number of hydrogen-bond acceptors (Lipinski definition) is 4. The molecule has 0 fully saturated rings. The van der Waals surface area contributed by atoms with Gasteiger partial charge in [-0.25, -0.2) is 4.79 Å². The third-order valence-corrected chi connectivity index (χ3v) is 3.57. The quantitative estimate of drug-likeness (QED) is 0.856. The van der Waals surface area contributed by atoms with Gasteiger partial charge in [-0.15, -0.1) is 5.10 Å². The Morgan fingerprint density at radius 2 is 2.11 bits per heavy atom. The van der Waals surface area contributed by atoms with E-state index in [0.29, 0.717) is 10.8 Å². The molecule has 0 atom stereocenters. The Kier molecular flexibility index (Phi) is 3.94. The van der Waals surface area contributed by atoms with Crippen LogP contribution in [-0.2, 0) is 5.75 Å². The molecule has 0 aliphatic carbocycles. The number of hydrogen-bond donors (Lipinski definition) is 1. The molecule has 4 nitrogen and oxygen atoms in total. The van der Waals surface area contributed by atoms with Crippen molar-refractivity contribution in [3.05, 3.63) is 53.2 Å². The van der Waals surface area contributed by atoms with Gasteiger partial charge >= 0.3 is 5.97 Å². The summed E-state index contributed by atoms with van der Waals surface area (Å²) >= 11 is 1.39. The van der Waals surface area contributed by atoms with E-state index in [4.69, 9.17) is 5.11 Å². The van der Waals surface area contributed by atoms with Crippen molar-refractivity contribution in [1.82, 2.24) is 10.2 Å². The van der Waals surface area contributed by atoms with Gasteiger partial charge < -0.3 is 5.11 Å². The Labute approximate surface area is 109 Å². The number of carboxylic acids is 1. The number of carboxylic acid groups (broad SMARTS) is 1. The Morgan fingerprint density at radius 3 is 2.83 bits per heavy atom. The van der Waals surface area contributed by atoms with Crippen LogP contribution in [0.15, 0.2) is 41.6 Å². The Hall–Kier alpha value is -1.88. The number of nitrogens with zero attached hydrogens (tertiary/aromatic N) is 2. The second kappa shape index (κ2) is 5.64. The van der Waals surface area contributed by atoms with E-state index in [1.54, 1.807) is 0 Å². The van der Waals surface area contributed by atoms with Crippen LogP contribution in [0.25, 0.3) is 0 Å². The fraction of sp³-hybridized carbons (Fsp3) is 0.154. The topological polar surface area (TPSA) is 63.1 Å². The van der Waals surface area contributed by atoms with Crippen molar-refractivity contribution in [2.45, 2.75) is 17.7 Å². The minimum atomic E-state index is -0.975. The summed E-state index contributed by atoms with van der Waals surface area (Å²) in [4.78, 5) is 11.0. The predicted molar refractivity (Wildman–Crippen MR) is 69.7 cm³/mol. The minimum Gasteiger partial charge on any atom is -0.478 e. The molecular weight excluding hydrogens is 248 g/mol. The van der Waals surface area contributed by atoms with E-state index in [2.05, 4.69) is 10.2 Å². The summed E-state index contributed by atoms with van der Waals surface area (Å²) in [7, 11) is 0. The van der Waals surface area contributed by atoms with Crippen molar-refractivity contribution in [3.8, 4) is 0 Å². The van der Waals surface area contributed by atoms with Gasteiger partial charge in [0.1, 0.15) is 5.03 Å². The number of aryl methyl sites for hydroxylation is 1. The molecule has 0 radical (unpaired) electrons. The van der Waals surface area contributed by atoms with Crippen LogP contribution < -0.4 is 0 Å². The molecule has 92 valence electrons. The van der Waals surface area contributed by atoms with Crippen LogP contribution in [0.1, 0.15) is 21.5 Å². The van der Waals surface area contributed by atoms with Crippen LogP contribution in [-0.4, -0.2) is 21.3 Å². The monoisotopic (exact) mass is 260 g/mol. The minimum absolute atomic E-state index is 0.198. The van der Waals surface area contributed by atoms with Crippen LogP contribution in [0.4, 0.5) is 0 Å². The van der Waals surface area contributed by atoms with Gasteiger partial charge in [0.05, 0.1) is 11.8 Å². The summed E-state index contributed by atoms with van der Waals surface area (Å²) < 4.78 is 0. The van der Waals surface area contributed by atoms with Crippen molar-refractivity contribution in [2.75, 3.05) is 0 Å². The van der Waals surface area contributed by atoms with Gasteiger partial charge in [-0.2, -0.15) is 5.10 Å². The van der Waals surface area contributed by atoms with Crippen LogP contribution in [0.5, 0.6) is 0 Å². The summed E-state index contributed by atoms with van der Waals surface area (Å²) in [5.74, 6) is -0.289. The fourth-order valence-electron chi connectivity index (χ4n) is 1.51. The molecule has 0 spiro atoms. The number of rotatable bonds is 4. The summed E-state index contributed by atoms with van der Waals surface area (Å²) in [5, 5.41) is 17.1. The molecule has 1 N–H and O–H groups in total. The van der Waals surface area contributed by atoms with E-state index in [-0.39, 0.29) is 5.56 Å². The van der Waals surface area contributed by atoms with Gasteiger partial charge in [-0.3, -0.25) is 0 Å². The first-order chi connectivity index (χ1) is 8.68. The number of aromatic nitrogens is 2. The summed E-state index contributed by atoms with van der Waals surface area (Å²) in [6, 6.07) is 9.48. The van der Waals surface area contributed by atoms with Crippen LogP contribution in [0.2, 0.25) is 0 Å². The zero-order valence-electron chi connectivity index (χ0n) is 9.83. The Morgan fingerprint density at radius 1 is 1.33 bits per heavy atom. The average molecular weight is 260 g/mol. The van der Waals surface area contributed by atoms with Crippen LogP contribution in [0.3, 0.4) is 0 Å². The van der Waals surface area contributed by atoms with E-state index in [1.807, 2.05) is 31.2 Å². The highest BCUT2D eigenvalue weighted by Gasteiger charge is 2.12. The van der Waals surface area contributed by atoms with Crippen LogP contribution >= 0.6 is 11.8 Å². The van der Waals surface area contributed by atoms with Crippen molar-refractivity contribution in [1.29, 1.82) is 0 Å². The molecule has 2 rings (SSSR count). The van der Waals surface area contributed by atoms with Crippen molar-refractivity contribution in [3.63, 3.8) is 0 Å². The molecule has 0 aliphatic heterocycles. The standard InChI is InChI=1S/C13H12N2O2S/c1-9-4-2-3-5-10(9)8-18-12-11(13(16)17)6-7-14-15-12/h2-7H,8H2,1H3,(H,16,17). The Bertz CT molecular complexity index is 572. The summed E-state index contributed by atoms with van der Waals surface area (Å²) in [6.07, 6.45) is 1.39. The first kappa shape index (κ1) is 12.6. The molecule has 1 aromatic heterocycles.